The van der Waals surface area contributed by atoms with Gasteiger partial charge in [0.2, 0.25) is 5.91 Å². The number of nitrogens with zero attached hydrogens (tertiary/aromatic N) is 1. The molecule has 29 heavy (non-hydrogen) atoms. The molecule has 0 aliphatic carbocycles. The van der Waals surface area contributed by atoms with Crippen LogP contribution in [0.3, 0.4) is 0 Å². The molecule has 1 amide bonds. The van der Waals surface area contributed by atoms with Crippen LogP contribution in [-0.2, 0) is 16.6 Å². The lowest BCUT2D eigenvalue weighted by Crippen LogP contribution is -2.21. The van der Waals surface area contributed by atoms with Crippen LogP contribution in [0.5, 0.6) is 0 Å². The van der Waals surface area contributed by atoms with Crippen LogP contribution in [0.1, 0.15) is 63.8 Å². The minimum absolute atomic E-state index is 0.00219. The molecule has 3 rings (SSSR count). The van der Waals surface area contributed by atoms with E-state index in [9.17, 15) is 4.79 Å². The Bertz CT molecular complexity index is 950. The first-order valence-electron chi connectivity index (χ1n) is 10.4. The van der Waals surface area contributed by atoms with Gasteiger partial charge in [-0.25, -0.2) is 0 Å². The number of H-pyrrole nitrogens is 1. The predicted octanol–water partition coefficient (Wildman–Crippen LogP) is 6.07. The van der Waals surface area contributed by atoms with Gasteiger partial charge in [-0.15, -0.1) is 0 Å². The Hall–Kier alpha value is -2.88. The molecule has 4 heteroatoms. The third-order valence-electron chi connectivity index (χ3n) is 5.39. The topological polar surface area (TPSA) is 57.8 Å². The summed E-state index contributed by atoms with van der Waals surface area (Å²) in [5.41, 5.74) is 5.92. The van der Waals surface area contributed by atoms with Crippen molar-refractivity contribution < 1.29 is 4.79 Å². The van der Waals surface area contributed by atoms with Crippen LogP contribution >= 0.6 is 0 Å². The van der Waals surface area contributed by atoms with E-state index < -0.39 is 0 Å². The molecule has 0 aliphatic heterocycles. The molecule has 1 unspecified atom stereocenters. The molecule has 152 valence electrons. The van der Waals surface area contributed by atoms with Gasteiger partial charge < -0.3 is 5.32 Å². The van der Waals surface area contributed by atoms with Crippen molar-refractivity contribution in [1.82, 2.24) is 10.2 Å². The fraction of sp³-hybridized carbons (Fsp3) is 0.360. The number of hydrogen-bond acceptors (Lipinski definition) is 2. The van der Waals surface area contributed by atoms with Gasteiger partial charge in [0.25, 0.3) is 0 Å². The summed E-state index contributed by atoms with van der Waals surface area (Å²) in [5, 5.41) is 10.8. The van der Waals surface area contributed by atoms with Crippen molar-refractivity contribution >= 4 is 11.6 Å². The lowest BCUT2D eigenvalue weighted by atomic mass is 9.86. The van der Waals surface area contributed by atoms with Crippen LogP contribution < -0.4 is 5.32 Å². The van der Waals surface area contributed by atoms with E-state index in [0.29, 0.717) is 0 Å². The number of anilines is 1. The summed E-state index contributed by atoms with van der Waals surface area (Å²) in [6.07, 6.45) is 1.51. The van der Waals surface area contributed by atoms with Crippen LogP contribution in [0.15, 0.2) is 54.6 Å². The first kappa shape index (κ1) is 20.8. The Balaban J connectivity index is 1.92. The number of amides is 1. The fourth-order valence-corrected chi connectivity index (χ4v) is 3.57. The fourth-order valence-electron chi connectivity index (χ4n) is 3.57. The molecule has 2 aromatic carbocycles. The summed E-state index contributed by atoms with van der Waals surface area (Å²) in [7, 11) is 0. The number of rotatable bonds is 6. The smallest absolute Gasteiger partial charge is 0.232 e. The van der Waals surface area contributed by atoms with Gasteiger partial charge in [0.1, 0.15) is 5.69 Å². The number of aromatic nitrogens is 2. The van der Waals surface area contributed by atoms with Crippen LogP contribution in [0.4, 0.5) is 5.69 Å². The van der Waals surface area contributed by atoms with Crippen molar-refractivity contribution in [1.29, 1.82) is 0 Å². The number of carbonyl (C=O) groups is 1. The Morgan fingerprint density at radius 1 is 1.03 bits per heavy atom. The van der Waals surface area contributed by atoms with Gasteiger partial charge in [-0.2, -0.15) is 5.10 Å². The van der Waals surface area contributed by atoms with Gasteiger partial charge in [0, 0.05) is 5.56 Å². The second-order valence-electron chi connectivity index (χ2n) is 8.47. The largest absolute Gasteiger partial charge is 0.322 e. The van der Waals surface area contributed by atoms with Gasteiger partial charge in [-0.3, -0.25) is 9.89 Å². The molecule has 0 saturated heterocycles. The average molecular weight is 390 g/mol. The standard InChI is InChI=1S/C25H31N3O/c1-6-20(17-11-9-8-10-12-17)24(29)26-23-21(7-2)27-28-22(23)18-13-15-19(16-14-18)25(3,4)5/h8-16,20H,6-7H2,1-5H3,(H,26,29)(H,27,28). The summed E-state index contributed by atoms with van der Waals surface area (Å²) in [5.74, 6) is -0.186. The summed E-state index contributed by atoms with van der Waals surface area (Å²) in [6.45, 7) is 10.7. The summed E-state index contributed by atoms with van der Waals surface area (Å²) >= 11 is 0. The van der Waals surface area contributed by atoms with Crippen molar-refractivity contribution in [3.8, 4) is 11.3 Å². The molecule has 3 aromatic rings. The Morgan fingerprint density at radius 3 is 2.24 bits per heavy atom. The summed E-state index contributed by atoms with van der Waals surface area (Å²) in [4.78, 5) is 13.1. The number of hydrogen-bond donors (Lipinski definition) is 2. The van der Waals surface area contributed by atoms with Crippen molar-refractivity contribution in [2.45, 2.75) is 58.8 Å². The van der Waals surface area contributed by atoms with Crippen LogP contribution in [0.25, 0.3) is 11.3 Å². The van der Waals surface area contributed by atoms with E-state index in [1.165, 1.54) is 5.56 Å². The normalized spacial score (nSPS) is 12.6. The lowest BCUT2D eigenvalue weighted by Gasteiger charge is -2.19. The van der Waals surface area contributed by atoms with E-state index in [4.69, 9.17) is 0 Å². The van der Waals surface area contributed by atoms with Gasteiger partial charge in [-0.1, -0.05) is 89.2 Å². The number of carbonyl (C=O) groups excluding carboxylic acids is 1. The Labute approximate surface area is 173 Å². The maximum absolute atomic E-state index is 13.1. The SMILES string of the molecule is CCc1[nH]nc(-c2ccc(C(C)(C)C)cc2)c1NC(=O)C(CC)c1ccccc1. The molecule has 1 heterocycles. The first-order valence-corrected chi connectivity index (χ1v) is 10.4. The van der Waals surface area contributed by atoms with E-state index in [2.05, 4.69) is 67.5 Å². The number of benzene rings is 2. The zero-order valence-corrected chi connectivity index (χ0v) is 18.0. The predicted molar refractivity (Wildman–Crippen MR) is 120 cm³/mol. The Morgan fingerprint density at radius 2 is 1.69 bits per heavy atom. The molecule has 0 bridgehead atoms. The zero-order chi connectivity index (χ0) is 21.0. The van der Waals surface area contributed by atoms with Gasteiger partial charge in [0.05, 0.1) is 17.3 Å². The highest BCUT2D eigenvalue weighted by atomic mass is 16.1. The lowest BCUT2D eigenvalue weighted by molar-refractivity contribution is -0.117. The quantitative estimate of drug-likeness (QED) is 0.537. The van der Waals surface area contributed by atoms with Gasteiger partial charge >= 0.3 is 0 Å². The summed E-state index contributed by atoms with van der Waals surface area (Å²) < 4.78 is 0. The van der Waals surface area contributed by atoms with Crippen molar-refractivity contribution in [3.05, 3.63) is 71.4 Å². The highest BCUT2D eigenvalue weighted by Gasteiger charge is 2.23. The number of aryl methyl sites for hydroxylation is 1. The van der Waals surface area contributed by atoms with Crippen LogP contribution in [0, 0.1) is 0 Å². The molecule has 0 saturated carbocycles. The second kappa shape index (κ2) is 8.64. The van der Waals surface area contributed by atoms with Crippen LogP contribution in [0.2, 0.25) is 0 Å². The molecule has 2 N–H and O–H groups in total. The number of nitrogens with one attached hydrogen (secondary N) is 2. The molecule has 0 fully saturated rings. The zero-order valence-electron chi connectivity index (χ0n) is 18.0. The molecule has 1 aromatic heterocycles. The molecule has 0 spiro atoms. The van der Waals surface area contributed by atoms with E-state index in [1.807, 2.05) is 37.3 Å². The van der Waals surface area contributed by atoms with Gasteiger partial charge in [0.15, 0.2) is 0 Å². The maximum Gasteiger partial charge on any atom is 0.232 e. The van der Waals surface area contributed by atoms with Gasteiger partial charge in [-0.05, 0) is 29.4 Å². The van der Waals surface area contributed by atoms with E-state index in [-0.39, 0.29) is 17.2 Å². The van der Waals surface area contributed by atoms with E-state index in [0.717, 1.165) is 41.0 Å². The second-order valence-corrected chi connectivity index (χ2v) is 8.47. The highest BCUT2D eigenvalue weighted by Crippen LogP contribution is 2.32. The Kier molecular flexibility index (Phi) is 6.21. The van der Waals surface area contributed by atoms with E-state index in [1.54, 1.807) is 0 Å². The first-order chi connectivity index (χ1) is 13.8. The van der Waals surface area contributed by atoms with E-state index >= 15 is 0 Å². The molecule has 1 atom stereocenters. The molecule has 0 radical (unpaired) electrons. The third-order valence-corrected chi connectivity index (χ3v) is 5.39. The molecule has 0 aliphatic rings. The highest BCUT2D eigenvalue weighted by molar-refractivity contribution is 5.99. The molecule has 4 nitrogen and oxygen atoms in total. The average Bonchev–Trinajstić information content (AvgIpc) is 3.11. The summed E-state index contributed by atoms with van der Waals surface area (Å²) in [6, 6.07) is 18.4. The third kappa shape index (κ3) is 4.58. The minimum atomic E-state index is -0.188. The maximum atomic E-state index is 13.1. The monoisotopic (exact) mass is 389 g/mol. The number of aromatic amines is 1. The molecular formula is C25H31N3O. The van der Waals surface area contributed by atoms with Crippen LogP contribution in [-0.4, -0.2) is 16.1 Å². The van der Waals surface area contributed by atoms with Crippen molar-refractivity contribution in [2.24, 2.45) is 0 Å². The van der Waals surface area contributed by atoms with Crippen molar-refractivity contribution in [3.63, 3.8) is 0 Å². The van der Waals surface area contributed by atoms with Crippen molar-refractivity contribution in [2.75, 3.05) is 5.32 Å². The molecular weight excluding hydrogens is 358 g/mol. The minimum Gasteiger partial charge on any atom is -0.322 e.